The van der Waals surface area contributed by atoms with Gasteiger partial charge in [0, 0.05) is 20.9 Å². The van der Waals surface area contributed by atoms with Gasteiger partial charge in [0.15, 0.2) is 0 Å². The van der Waals surface area contributed by atoms with E-state index < -0.39 is 0 Å². The van der Waals surface area contributed by atoms with Crippen molar-refractivity contribution in [2.75, 3.05) is 0 Å². The highest BCUT2D eigenvalue weighted by Crippen LogP contribution is 2.29. The number of fused-ring (bicyclic) bond motifs is 1. The zero-order valence-corrected chi connectivity index (χ0v) is 18.9. The highest BCUT2D eigenvalue weighted by Gasteiger charge is 2.17. The summed E-state index contributed by atoms with van der Waals surface area (Å²) >= 11 is 4.66. The van der Waals surface area contributed by atoms with E-state index in [-0.39, 0.29) is 11.8 Å². The molecule has 1 aliphatic carbocycles. The number of carbonyl (C=O) groups excluding carboxylic acids is 2. The van der Waals surface area contributed by atoms with Crippen molar-refractivity contribution in [2.24, 2.45) is 0 Å². The fraction of sp³-hybridized carbons (Fsp3) is 0.318. The number of thiazole rings is 1. The number of hydrazine groups is 1. The summed E-state index contributed by atoms with van der Waals surface area (Å²) in [5, 5.41) is 2.00. The van der Waals surface area contributed by atoms with Crippen LogP contribution in [-0.4, -0.2) is 16.8 Å². The van der Waals surface area contributed by atoms with E-state index in [1.165, 1.54) is 36.1 Å². The maximum Gasteiger partial charge on any atom is 0.279 e. The second-order valence-electron chi connectivity index (χ2n) is 7.15. The number of rotatable bonds is 5. The van der Waals surface area contributed by atoms with Crippen LogP contribution in [0.15, 0.2) is 46.1 Å². The summed E-state index contributed by atoms with van der Waals surface area (Å²) in [5.41, 5.74) is 9.78. The van der Waals surface area contributed by atoms with Gasteiger partial charge in [0.25, 0.3) is 11.8 Å². The number of aromatic nitrogens is 1. The number of nitrogens with one attached hydrogen (secondary N) is 2. The van der Waals surface area contributed by atoms with Crippen molar-refractivity contribution in [1.29, 1.82) is 0 Å². The molecule has 0 saturated carbocycles. The third-order valence-electron chi connectivity index (χ3n) is 5.00. The standard InChI is InChI=1S/C22H23N3O2S3/c26-21(17-8-5-6-10-19(17)29-13-16-12-28-14-23-16)24-25-22(27)20-11-15-7-3-1-2-4-9-18(15)30-20/h5-6,8,10-12,14H,1-4,7,9,13H2,(H,24,26)(H,25,27). The van der Waals surface area contributed by atoms with Crippen LogP contribution in [0.2, 0.25) is 0 Å². The van der Waals surface area contributed by atoms with Crippen LogP contribution in [0.3, 0.4) is 0 Å². The summed E-state index contributed by atoms with van der Waals surface area (Å²) in [6.07, 6.45) is 6.96. The molecule has 2 aromatic heterocycles. The Morgan fingerprint density at radius 3 is 2.67 bits per heavy atom. The second-order valence-corrected chi connectivity index (χ2v) is 10.0. The SMILES string of the molecule is O=C(NNC(=O)c1ccccc1SCc1cscn1)c1cc2c(s1)CCCCCC2. The average Bonchev–Trinajstić information content (AvgIpc) is 3.40. The van der Waals surface area contributed by atoms with Gasteiger partial charge in [-0.1, -0.05) is 25.0 Å². The van der Waals surface area contributed by atoms with Gasteiger partial charge >= 0.3 is 0 Å². The van der Waals surface area contributed by atoms with Gasteiger partial charge in [-0.05, 0) is 49.4 Å². The zero-order chi connectivity index (χ0) is 20.8. The van der Waals surface area contributed by atoms with Crippen molar-refractivity contribution < 1.29 is 9.59 Å². The Morgan fingerprint density at radius 1 is 1.03 bits per heavy atom. The first kappa shape index (κ1) is 21.1. The maximum absolute atomic E-state index is 12.7. The van der Waals surface area contributed by atoms with Gasteiger partial charge < -0.3 is 0 Å². The van der Waals surface area contributed by atoms with E-state index in [1.807, 2.05) is 29.6 Å². The van der Waals surface area contributed by atoms with E-state index in [4.69, 9.17) is 0 Å². The van der Waals surface area contributed by atoms with Crippen molar-refractivity contribution in [1.82, 2.24) is 15.8 Å². The maximum atomic E-state index is 12.7. The van der Waals surface area contributed by atoms with Crippen LogP contribution in [0.4, 0.5) is 0 Å². The van der Waals surface area contributed by atoms with Gasteiger partial charge in [-0.25, -0.2) is 4.98 Å². The number of aryl methyl sites for hydroxylation is 2. The molecule has 2 heterocycles. The molecule has 0 unspecified atom stereocenters. The molecule has 0 fully saturated rings. The molecule has 156 valence electrons. The fourth-order valence-corrected chi connectivity index (χ4v) is 6.20. The first-order valence-electron chi connectivity index (χ1n) is 10.0. The van der Waals surface area contributed by atoms with E-state index in [9.17, 15) is 9.59 Å². The van der Waals surface area contributed by atoms with E-state index >= 15 is 0 Å². The summed E-state index contributed by atoms with van der Waals surface area (Å²) < 4.78 is 0. The largest absolute Gasteiger partial charge is 0.279 e. The predicted molar refractivity (Wildman–Crippen MR) is 123 cm³/mol. The minimum Gasteiger partial charge on any atom is -0.267 e. The lowest BCUT2D eigenvalue weighted by atomic mass is 10.00. The van der Waals surface area contributed by atoms with Gasteiger partial charge in [0.2, 0.25) is 0 Å². The summed E-state index contributed by atoms with van der Waals surface area (Å²) in [4.78, 5) is 32.4. The topological polar surface area (TPSA) is 71.1 Å². The quantitative estimate of drug-likeness (QED) is 0.406. The molecule has 2 N–H and O–H groups in total. The molecule has 5 nitrogen and oxygen atoms in total. The number of carbonyl (C=O) groups is 2. The molecule has 3 aromatic rings. The molecule has 30 heavy (non-hydrogen) atoms. The predicted octanol–water partition coefficient (Wildman–Crippen LogP) is 5.23. The number of hydrogen-bond acceptors (Lipinski definition) is 6. The first-order chi connectivity index (χ1) is 14.7. The molecular weight excluding hydrogens is 434 g/mol. The summed E-state index contributed by atoms with van der Waals surface area (Å²) in [7, 11) is 0. The van der Waals surface area contributed by atoms with Crippen LogP contribution < -0.4 is 10.9 Å². The molecule has 4 rings (SSSR count). The monoisotopic (exact) mass is 457 g/mol. The van der Waals surface area contributed by atoms with Crippen molar-refractivity contribution in [3.05, 3.63) is 67.8 Å². The second kappa shape index (κ2) is 10.2. The van der Waals surface area contributed by atoms with Crippen molar-refractivity contribution >= 4 is 46.2 Å². The van der Waals surface area contributed by atoms with Crippen molar-refractivity contribution in [3.63, 3.8) is 0 Å². The Kier molecular flexibility index (Phi) is 7.20. The molecule has 0 spiro atoms. The number of thiophene rings is 1. The summed E-state index contributed by atoms with van der Waals surface area (Å²) in [6, 6.07) is 9.39. The molecule has 0 atom stereocenters. The Bertz CT molecular complexity index is 989. The van der Waals surface area contributed by atoms with Crippen LogP contribution in [0.5, 0.6) is 0 Å². The van der Waals surface area contributed by atoms with Crippen LogP contribution in [0.1, 0.15) is 61.8 Å². The minimum absolute atomic E-state index is 0.257. The highest BCUT2D eigenvalue weighted by atomic mass is 32.2. The molecule has 1 aliphatic rings. The third kappa shape index (κ3) is 5.30. The lowest BCUT2D eigenvalue weighted by Crippen LogP contribution is -2.41. The van der Waals surface area contributed by atoms with Gasteiger partial charge in [-0.2, -0.15) is 0 Å². The molecular formula is C22H23N3O2S3. The summed E-state index contributed by atoms with van der Waals surface area (Å²) in [6.45, 7) is 0. The normalized spacial score (nSPS) is 13.7. The van der Waals surface area contributed by atoms with Crippen LogP contribution in [-0.2, 0) is 18.6 Å². The smallest absolute Gasteiger partial charge is 0.267 e. The molecule has 2 amide bonds. The van der Waals surface area contributed by atoms with E-state index in [2.05, 4.69) is 15.8 Å². The summed E-state index contributed by atoms with van der Waals surface area (Å²) in [5.74, 6) is 0.119. The average molecular weight is 458 g/mol. The number of thioether (sulfide) groups is 1. The van der Waals surface area contributed by atoms with E-state index in [0.29, 0.717) is 16.2 Å². The Morgan fingerprint density at radius 2 is 1.83 bits per heavy atom. The van der Waals surface area contributed by atoms with Crippen LogP contribution >= 0.6 is 34.4 Å². The number of nitrogens with zero attached hydrogens (tertiary/aromatic N) is 1. The Labute approximate surface area is 188 Å². The fourth-order valence-electron chi connectivity index (χ4n) is 3.44. The molecule has 0 aliphatic heterocycles. The number of benzene rings is 1. The molecule has 0 radical (unpaired) electrons. The van der Waals surface area contributed by atoms with Gasteiger partial charge in [0.1, 0.15) is 0 Å². The molecule has 8 heteroatoms. The molecule has 1 aromatic carbocycles. The molecule has 0 saturated heterocycles. The minimum atomic E-state index is -0.320. The number of amides is 2. The first-order valence-corrected chi connectivity index (χ1v) is 12.8. The van der Waals surface area contributed by atoms with E-state index in [1.54, 1.807) is 46.0 Å². The van der Waals surface area contributed by atoms with Crippen LogP contribution in [0.25, 0.3) is 0 Å². The number of hydrogen-bond donors (Lipinski definition) is 2. The Hall–Kier alpha value is -2.16. The lowest BCUT2D eigenvalue weighted by Gasteiger charge is -2.10. The van der Waals surface area contributed by atoms with Gasteiger partial charge in [-0.3, -0.25) is 20.4 Å². The van der Waals surface area contributed by atoms with Gasteiger partial charge in [0.05, 0.1) is 21.6 Å². The Balaban J connectivity index is 1.37. The van der Waals surface area contributed by atoms with Crippen LogP contribution in [0, 0.1) is 0 Å². The van der Waals surface area contributed by atoms with Crippen molar-refractivity contribution in [2.45, 2.75) is 49.2 Å². The zero-order valence-electron chi connectivity index (χ0n) is 16.5. The third-order valence-corrected chi connectivity index (χ3v) is 7.98. The van der Waals surface area contributed by atoms with Gasteiger partial charge in [-0.15, -0.1) is 34.4 Å². The van der Waals surface area contributed by atoms with Crippen molar-refractivity contribution in [3.8, 4) is 0 Å². The van der Waals surface area contributed by atoms with E-state index in [0.717, 1.165) is 23.4 Å². The lowest BCUT2D eigenvalue weighted by molar-refractivity contribution is 0.0847. The highest BCUT2D eigenvalue weighted by molar-refractivity contribution is 7.98. The molecule has 0 bridgehead atoms.